The number of aliphatic carboxylic acids is 1. The van der Waals surface area contributed by atoms with Gasteiger partial charge in [-0.15, -0.1) is 0 Å². The summed E-state index contributed by atoms with van der Waals surface area (Å²) in [6, 6.07) is -0.607. The molecule has 4 heteroatoms. The van der Waals surface area contributed by atoms with Gasteiger partial charge in [-0.3, -0.25) is 4.79 Å². The molecule has 0 aromatic rings. The molecule has 4 nitrogen and oxygen atoms in total. The quantitative estimate of drug-likeness (QED) is 0.680. The summed E-state index contributed by atoms with van der Waals surface area (Å²) in [6.45, 7) is 2.49. The molecule has 0 aromatic carbocycles. The van der Waals surface area contributed by atoms with E-state index in [0.29, 0.717) is 13.0 Å². The van der Waals surface area contributed by atoms with Crippen molar-refractivity contribution in [2.24, 2.45) is 5.92 Å². The fraction of sp³-hybridized carbons (Fsp3) is 0.818. The topological polar surface area (TPSA) is 57.6 Å². The summed E-state index contributed by atoms with van der Waals surface area (Å²) in [5.41, 5.74) is 0. The van der Waals surface area contributed by atoms with Crippen LogP contribution in [0.1, 0.15) is 39.0 Å². The Kier molecular flexibility index (Phi) is 4.59. The fourth-order valence-corrected chi connectivity index (χ4v) is 2.40. The molecule has 1 unspecified atom stereocenters. The molecule has 0 saturated heterocycles. The number of carboxylic acids is 1. The minimum Gasteiger partial charge on any atom is -0.480 e. The average Bonchev–Trinajstić information content (AvgIpc) is 2.69. The van der Waals surface area contributed by atoms with Gasteiger partial charge in [0.1, 0.15) is 6.04 Å². The number of carbonyl (C=O) groups is 2. The fourth-order valence-electron chi connectivity index (χ4n) is 2.40. The smallest absolute Gasteiger partial charge is 0.326 e. The predicted octanol–water partition coefficient (Wildman–Crippen LogP) is 1.50. The van der Waals surface area contributed by atoms with E-state index in [4.69, 9.17) is 5.11 Å². The normalized spacial score (nSPS) is 18.7. The number of carbonyl (C=O) groups excluding carboxylic acids is 1. The second-order valence-corrected chi connectivity index (χ2v) is 4.17. The Labute approximate surface area is 90.3 Å². The molecule has 1 saturated carbocycles. The summed E-state index contributed by atoms with van der Waals surface area (Å²) in [4.78, 5) is 23.5. The zero-order valence-electron chi connectivity index (χ0n) is 9.19. The van der Waals surface area contributed by atoms with Crippen molar-refractivity contribution in [2.45, 2.75) is 45.1 Å². The number of nitrogens with zero attached hydrogens (tertiary/aromatic N) is 1. The maximum atomic E-state index is 11.2. The Morgan fingerprint density at radius 2 is 2.13 bits per heavy atom. The molecule has 0 radical (unpaired) electrons. The molecule has 0 bridgehead atoms. The third kappa shape index (κ3) is 2.94. The molecule has 0 aliphatic heterocycles. The summed E-state index contributed by atoms with van der Waals surface area (Å²) < 4.78 is 0. The van der Waals surface area contributed by atoms with Crippen molar-refractivity contribution in [1.29, 1.82) is 0 Å². The highest BCUT2D eigenvalue weighted by Crippen LogP contribution is 2.30. The molecule has 86 valence electrons. The van der Waals surface area contributed by atoms with Crippen LogP contribution in [0.5, 0.6) is 0 Å². The van der Waals surface area contributed by atoms with Gasteiger partial charge in [0, 0.05) is 6.54 Å². The summed E-state index contributed by atoms with van der Waals surface area (Å²) in [7, 11) is 0. The maximum Gasteiger partial charge on any atom is 0.326 e. The molecule has 1 atom stereocenters. The molecule has 0 spiro atoms. The van der Waals surface area contributed by atoms with Gasteiger partial charge in [-0.2, -0.15) is 0 Å². The van der Waals surface area contributed by atoms with E-state index in [0.717, 1.165) is 32.1 Å². The molecular weight excluding hydrogens is 194 g/mol. The highest BCUT2D eigenvalue weighted by atomic mass is 16.4. The first-order valence-corrected chi connectivity index (χ1v) is 5.64. The first kappa shape index (κ1) is 12.0. The Balaban J connectivity index is 2.69. The number of hydrogen-bond donors (Lipinski definition) is 1. The van der Waals surface area contributed by atoms with E-state index in [-0.39, 0.29) is 5.92 Å². The molecule has 1 fully saturated rings. The standard InChI is InChI=1S/C11H19NO3/c1-2-7-12(8-13)10(11(14)15)9-5-3-4-6-9/h8-10H,2-7H2,1H3,(H,14,15). The van der Waals surface area contributed by atoms with Gasteiger partial charge in [0.2, 0.25) is 6.41 Å². The summed E-state index contributed by atoms with van der Waals surface area (Å²) in [5.74, 6) is -0.707. The molecule has 1 aliphatic rings. The van der Waals surface area contributed by atoms with Gasteiger partial charge in [-0.1, -0.05) is 19.8 Å². The lowest BCUT2D eigenvalue weighted by molar-refractivity contribution is -0.148. The highest BCUT2D eigenvalue weighted by Gasteiger charge is 2.34. The van der Waals surface area contributed by atoms with Gasteiger partial charge in [0.15, 0.2) is 0 Å². The van der Waals surface area contributed by atoms with Crippen LogP contribution in [0, 0.1) is 5.92 Å². The Bertz CT molecular complexity index is 224. The van der Waals surface area contributed by atoms with Crippen LogP contribution in [0.4, 0.5) is 0 Å². The molecule has 1 N–H and O–H groups in total. The first-order chi connectivity index (χ1) is 7.20. The molecule has 0 aromatic heterocycles. The van der Waals surface area contributed by atoms with Crippen LogP contribution in [-0.2, 0) is 9.59 Å². The largest absolute Gasteiger partial charge is 0.480 e. The highest BCUT2D eigenvalue weighted by molar-refractivity contribution is 5.76. The van der Waals surface area contributed by atoms with Crippen molar-refractivity contribution in [1.82, 2.24) is 4.90 Å². The van der Waals surface area contributed by atoms with E-state index in [1.165, 1.54) is 4.90 Å². The second kappa shape index (κ2) is 5.73. The maximum absolute atomic E-state index is 11.2. The Morgan fingerprint density at radius 1 is 1.53 bits per heavy atom. The van der Waals surface area contributed by atoms with E-state index >= 15 is 0 Å². The molecule has 1 amide bonds. The minimum absolute atomic E-state index is 0.152. The summed E-state index contributed by atoms with van der Waals surface area (Å²) in [5, 5.41) is 9.16. The van der Waals surface area contributed by atoms with Crippen molar-refractivity contribution in [3.63, 3.8) is 0 Å². The van der Waals surface area contributed by atoms with Crippen molar-refractivity contribution in [2.75, 3.05) is 6.54 Å². The SMILES string of the molecule is CCCN(C=O)C(C(=O)O)C1CCCC1. The van der Waals surface area contributed by atoms with Crippen LogP contribution in [0.3, 0.4) is 0 Å². The van der Waals surface area contributed by atoms with E-state index in [2.05, 4.69) is 0 Å². The van der Waals surface area contributed by atoms with Crippen molar-refractivity contribution in [3.8, 4) is 0 Å². The molecule has 15 heavy (non-hydrogen) atoms. The molecule has 1 aliphatic carbocycles. The molecule has 0 heterocycles. The lowest BCUT2D eigenvalue weighted by Crippen LogP contribution is -2.45. The van der Waals surface area contributed by atoms with E-state index in [1.807, 2.05) is 6.92 Å². The van der Waals surface area contributed by atoms with Crippen LogP contribution in [-0.4, -0.2) is 35.0 Å². The van der Waals surface area contributed by atoms with Crippen LogP contribution in [0.25, 0.3) is 0 Å². The van der Waals surface area contributed by atoms with E-state index in [9.17, 15) is 9.59 Å². The third-order valence-electron chi connectivity index (χ3n) is 3.07. The van der Waals surface area contributed by atoms with Crippen LogP contribution < -0.4 is 0 Å². The third-order valence-corrected chi connectivity index (χ3v) is 3.07. The molecule has 1 rings (SSSR count). The van der Waals surface area contributed by atoms with Gasteiger partial charge < -0.3 is 10.0 Å². The first-order valence-electron chi connectivity index (χ1n) is 5.64. The van der Waals surface area contributed by atoms with Gasteiger partial charge in [0.05, 0.1) is 0 Å². The van der Waals surface area contributed by atoms with Gasteiger partial charge >= 0.3 is 5.97 Å². The zero-order valence-corrected chi connectivity index (χ0v) is 9.19. The van der Waals surface area contributed by atoms with E-state index < -0.39 is 12.0 Å². The van der Waals surface area contributed by atoms with Gasteiger partial charge in [-0.25, -0.2) is 4.79 Å². The lowest BCUT2D eigenvalue weighted by Gasteiger charge is -2.29. The summed E-state index contributed by atoms with van der Waals surface area (Å²) in [6.07, 6.45) is 5.53. The number of carboxylic acid groups (broad SMARTS) is 1. The lowest BCUT2D eigenvalue weighted by atomic mass is 9.97. The second-order valence-electron chi connectivity index (χ2n) is 4.17. The van der Waals surface area contributed by atoms with Crippen LogP contribution in [0.2, 0.25) is 0 Å². The monoisotopic (exact) mass is 213 g/mol. The van der Waals surface area contributed by atoms with Crippen molar-refractivity contribution in [3.05, 3.63) is 0 Å². The Morgan fingerprint density at radius 3 is 2.53 bits per heavy atom. The predicted molar refractivity (Wildman–Crippen MR) is 56.4 cm³/mol. The van der Waals surface area contributed by atoms with Gasteiger partial charge in [-0.05, 0) is 25.2 Å². The number of rotatable bonds is 6. The number of hydrogen-bond acceptors (Lipinski definition) is 2. The number of amides is 1. The van der Waals surface area contributed by atoms with Crippen molar-refractivity contribution >= 4 is 12.4 Å². The van der Waals surface area contributed by atoms with Crippen molar-refractivity contribution < 1.29 is 14.7 Å². The summed E-state index contributed by atoms with van der Waals surface area (Å²) >= 11 is 0. The van der Waals surface area contributed by atoms with E-state index in [1.54, 1.807) is 0 Å². The van der Waals surface area contributed by atoms with Gasteiger partial charge in [0.25, 0.3) is 0 Å². The molecular formula is C11H19NO3. The van der Waals surface area contributed by atoms with Crippen LogP contribution >= 0.6 is 0 Å². The average molecular weight is 213 g/mol. The minimum atomic E-state index is -0.859. The Hall–Kier alpha value is -1.06. The van der Waals surface area contributed by atoms with Crippen LogP contribution in [0.15, 0.2) is 0 Å². The zero-order chi connectivity index (χ0) is 11.3.